The number of nitrogens with one attached hydrogen (secondary N) is 1. The van der Waals surface area contributed by atoms with Crippen LogP contribution in [-0.4, -0.2) is 18.3 Å². The Kier molecular flexibility index (Phi) is 4.06. The Balaban J connectivity index is 1.56. The minimum absolute atomic E-state index is 0.338. The minimum Gasteiger partial charge on any atom is -0.311 e. The van der Waals surface area contributed by atoms with Crippen molar-refractivity contribution < 1.29 is 4.39 Å². The van der Waals surface area contributed by atoms with Crippen LogP contribution in [-0.2, 0) is 0 Å². The molecule has 0 aliphatic heterocycles. The molecule has 0 aromatic rings. The van der Waals surface area contributed by atoms with E-state index in [1.807, 2.05) is 0 Å². The predicted octanol–water partition coefficient (Wildman–Crippen LogP) is 5.35. The average Bonchev–Trinajstić information content (AvgIpc) is 2.79. The van der Waals surface area contributed by atoms with Crippen LogP contribution in [0, 0.1) is 35.0 Å². The van der Waals surface area contributed by atoms with Gasteiger partial charge in [-0.2, -0.15) is 0 Å². The fraction of sp³-hybridized carbons (Fsp3) is 1.00. The first-order chi connectivity index (χ1) is 11.0. The maximum Gasteiger partial charge on any atom is 0.100 e. The Bertz CT molecular complexity index is 451. The molecule has 6 unspecified atom stereocenters. The highest BCUT2D eigenvalue weighted by Crippen LogP contribution is 2.65. The summed E-state index contributed by atoms with van der Waals surface area (Å²) in [4.78, 5) is 0. The zero-order valence-electron chi connectivity index (χ0n) is 15.4. The molecule has 4 rings (SSSR count). The van der Waals surface area contributed by atoms with Gasteiger partial charge in [-0.1, -0.05) is 13.8 Å². The van der Waals surface area contributed by atoms with Gasteiger partial charge >= 0.3 is 0 Å². The predicted molar refractivity (Wildman–Crippen MR) is 94.1 cm³/mol. The topological polar surface area (TPSA) is 12.0 Å². The monoisotopic (exact) mass is 321 g/mol. The Morgan fingerprint density at radius 1 is 0.913 bits per heavy atom. The number of alkyl halides is 1. The van der Waals surface area contributed by atoms with Crippen LogP contribution in [0.5, 0.6) is 0 Å². The molecule has 4 aliphatic carbocycles. The van der Waals surface area contributed by atoms with Gasteiger partial charge in [0.2, 0.25) is 0 Å². The van der Waals surface area contributed by atoms with E-state index in [1.54, 1.807) is 0 Å². The molecule has 0 aromatic heterocycles. The molecule has 23 heavy (non-hydrogen) atoms. The quantitative estimate of drug-likeness (QED) is 0.723. The number of halogens is 1. The van der Waals surface area contributed by atoms with Crippen molar-refractivity contribution in [3.63, 3.8) is 0 Å². The van der Waals surface area contributed by atoms with Gasteiger partial charge < -0.3 is 5.32 Å². The molecule has 0 radical (unpaired) electrons. The summed E-state index contributed by atoms with van der Waals surface area (Å²) >= 11 is 0. The summed E-state index contributed by atoms with van der Waals surface area (Å²) in [7, 11) is 0. The molecule has 0 bridgehead atoms. The fourth-order valence-corrected chi connectivity index (χ4v) is 7.74. The lowest BCUT2D eigenvalue weighted by atomic mass is 9.49. The second kappa shape index (κ2) is 5.71. The first-order valence-electron chi connectivity index (χ1n) is 10.4. The Labute approximate surface area is 142 Å². The molecule has 4 fully saturated rings. The van der Waals surface area contributed by atoms with E-state index < -0.39 is 6.17 Å². The van der Waals surface area contributed by atoms with E-state index in [0.717, 1.165) is 43.1 Å². The zero-order chi connectivity index (χ0) is 16.2. The van der Waals surface area contributed by atoms with Gasteiger partial charge in [0.1, 0.15) is 6.17 Å². The summed E-state index contributed by atoms with van der Waals surface area (Å²) in [6.07, 6.45) is 10.7. The van der Waals surface area contributed by atoms with Crippen molar-refractivity contribution in [1.29, 1.82) is 0 Å². The van der Waals surface area contributed by atoms with Crippen LogP contribution in [0.3, 0.4) is 0 Å². The normalized spacial score (nSPS) is 55.8. The Morgan fingerprint density at radius 2 is 1.70 bits per heavy atom. The van der Waals surface area contributed by atoms with E-state index >= 15 is 0 Å². The molecule has 132 valence electrons. The molecule has 4 aliphatic rings. The minimum atomic E-state index is -0.495. The van der Waals surface area contributed by atoms with E-state index in [4.69, 9.17) is 0 Å². The maximum atomic E-state index is 13.8. The SMILES string of the molecule is CCNC1(C)CCC2C3CCC4CC(F)CC[C@@H]4C3CC[C@@]21C. The van der Waals surface area contributed by atoms with Gasteiger partial charge in [-0.25, -0.2) is 4.39 Å². The summed E-state index contributed by atoms with van der Waals surface area (Å²) in [5.74, 6) is 4.34. The van der Waals surface area contributed by atoms with E-state index in [2.05, 4.69) is 26.1 Å². The van der Waals surface area contributed by atoms with Crippen molar-refractivity contribution in [3.8, 4) is 0 Å². The van der Waals surface area contributed by atoms with Crippen LogP contribution < -0.4 is 5.32 Å². The molecule has 8 atom stereocenters. The van der Waals surface area contributed by atoms with Crippen molar-refractivity contribution in [2.24, 2.45) is 35.0 Å². The van der Waals surface area contributed by atoms with Crippen LogP contribution in [0.25, 0.3) is 0 Å². The summed E-state index contributed by atoms with van der Waals surface area (Å²) in [5, 5.41) is 3.87. The number of fused-ring (bicyclic) bond motifs is 5. The second-order valence-electron chi connectivity index (χ2n) is 9.70. The molecular formula is C21H36FN. The Morgan fingerprint density at radius 3 is 2.48 bits per heavy atom. The number of hydrogen-bond donors (Lipinski definition) is 1. The third-order valence-electron chi connectivity index (χ3n) is 9.06. The van der Waals surface area contributed by atoms with Gasteiger partial charge in [0, 0.05) is 5.54 Å². The van der Waals surface area contributed by atoms with E-state index in [1.165, 1.54) is 44.9 Å². The molecule has 1 nitrogen and oxygen atoms in total. The highest BCUT2D eigenvalue weighted by atomic mass is 19.1. The molecule has 0 spiro atoms. The lowest BCUT2D eigenvalue weighted by molar-refractivity contribution is -0.0769. The van der Waals surface area contributed by atoms with Crippen molar-refractivity contribution in [3.05, 3.63) is 0 Å². The maximum absolute atomic E-state index is 13.8. The highest BCUT2D eigenvalue weighted by Gasteiger charge is 2.61. The first kappa shape index (κ1) is 16.4. The smallest absolute Gasteiger partial charge is 0.100 e. The van der Waals surface area contributed by atoms with Crippen LogP contribution >= 0.6 is 0 Å². The fourth-order valence-electron chi connectivity index (χ4n) is 7.74. The third kappa shape index (κ3) is 2.34. The van der Waals surface area contributed by atoms with Gasteiger partial charge in [0.05, 0.1) is 0 Å². The van der Waals surface area contributed by atoms with Crippen LogP contribution in [0.1, 0.15) is 78.6 Å². The number of rotatable bonds is 2. The summed E-state index contributed by atoms with van der Waals surface area (Å²) in [5.41, 5.74) is 0.819. The van der Waals surface area contributed by atoms with E-state index in [9.17, 15) is 4.39 Å². The zero-order valence-corrected chi connectivity index (χ0v) is 15.4. The van der Waals surface area contributed by atoms with Gasteiger partial charge in [0.15, 0.2) is 0 Å². The van der Waals surface area contributed by atoms with Gasteiger partial charge in [-0.15, -0.1) is 0 Å². The molecular weight excluding hydrogens is 285 g/mol. The molecule has 4 saturated carbocycles. The molecule has 2 heteroatoms. The lowest BCUT2D eigenvalue weighted by Crippen LogP contribution is -2.58. The van der Waals surface area contributed by atoms with Crippen LogP contribution in [0.15, 0.2) is 0 Å². The van der Waals surface area contributed by atoms with Crippen molar-refractivity contribution in [1.82, 2.24) is 5.32 Å². The first-order valence-corrected chi connectivity index (χ1v) is 10.4. The van der Waals surface area contributed by atoms with Gasteiger partial charge in [-0.05, 0) is 106 Å². The molecule has 0 aromatic carbocycles. The summed E-state index contributed by atoms with van der Waals surface area (Å²) in [6.45, 7) is 8.44. The molecule has 0 amide bonds. The Hall–Kier alpha value is -0.110. The van der Waals surface area contributed by atoms with Crippen molar-refractivity contribution in [2.75, 3.05) is 6.54 Å². The van der Waals surface area contributed by atoms with Crippen molar-refractivity contribution in [2.45, 2.75) is 90.3 Å². The molecule has 1 N–H and O–H groups in total. The van der Waals surface area contributed by atoms with Crippen molar-refractivity contribution >= 4 is 0 Å². The summed E-state index contributed by atoms with van der Waals surface area (Å²) < 4.78 is 13.8. The number of hydrogen-bond acceptors (Lipinski definition) is 1. The van der Waals surface area contributed by atoms with Gasteiger partial charge in [0.25, 0.3) is 0 Å². The van der Waals surface area contributed by atoms with Crippen LogP contribution in [0.2, 0.25) is 0 Å². The van der Waals surface area contributed by atoms with Gasteiger partial charge in [-0.3, -0.25) is 0 Å². The highest BCUT2D eigenvalue weighted by molar-refractivity contribution is 5.13. The third-order valence-corrected chi connectivity index (χ3v) is 9.06. The standard InChI is InChI=1S/C21H36FN/c1-4-23-21(3)12-10-19-18-7-5-14-13-15(22)6-8-16(14)17(18)9-11-20(19,21)2/h14-19,23H,4-13H2,1-3H3/t14?,15?,16-,17?,18?,19?,20-,21?/m0/s1. The molecule has 0 saturated heterocycles. The second-order valence-corrected chi connectivity index (χ2v) is 9.70. The summed E-state index contributed by atoms with van der Waals surface area (Å²) in [6, 6.07) is 0. The van der Waals surface area contributed by atoms with Crippen LogP contribution in [0.4, 0.5) is 4.39 Å². The lowest BCUT2D eigenvalue weighted by Gasteiger charge is -2.58. The average molecular weight is 322 g/mol. The largest absolute Gasteiger partial charge is 0.311 e. The van der Waals surface area contributed by atoms with E-state index in [-0.39, 0.29) is 0 Å². The molecule has 0 heterocycles. The van der Waals surface area contributed by atoms with E-state index in [0.29, 0.717) is 16.9 Å².